The fourth-order valence-corrected chi connectivity index (χ4v) is 3.15. The Labute approximate surface area is 82.9 Å². The van der Waals surface area contributed by atoms with Gasteiger partial charge in [-0.2, -0.15) is 0 Å². The van der Waals surface area contributed by atoms with E-state index in [1.165, 1.54) is 12.8 Å². The Bertz CT molecular complexity index is 214. The fourth-order valence-electron chi connectivity index (χ4n) is 0.555. The summed E-state index contributed by atoms with van der Waals surface area (Å²) in [7, 11) is 0. The first-order valence-electron chi connectivity index (χ1n) is 3.44. The molecule has 0 saturated carbocycles. The molecule has 0 fully saturated rings. The normalized spacial score (nSPS) is 10.4. The number of aromatic nitrogens is 2. The summed E-state index contributed by atoms with van der Waals surface area (Å²) in [5.41, 5.74) is 0. The van der Waals surface area contributed by atoms with E-state index in [2.05, 4.69) is 33.1 Å². The number of hydrogen-bond donors (Lipinski definition) is 0. The lowest BCUT2D eigenvalue weighted by Gasteiger charge is -1.91. The standard InChI is InChI=1S/C6H9BrN2S2/c1-2-3-4-10-6-9-8-5(7)11-6/h2-4H2,1H3. The Balaban J connectivity index is 2.27. The summed E-state index contributed by atoms with van der Waals surface area (Å²) >= 11 is 6.65. The molecular formula is C6H9BrN2S2. The quantitative estimate of drug-likeness (QED) is 0.608. The van der Waals surface area contributed by atoms with Crippen molar-refractivity contribution in [2.75, 3.05) is 5.75 Å². The molecule has 0 atom stereocenters. The van der Waals surface area contributed by atoms with Gasteiger partial charge in [0.15, 0.2) is 8.26 Å². The van der Waals surface area contributed by atoms with E-state index in [9.17, 15) is 0 Å². The van der Waals surface area contributed by atoms with Crippen molar-refractivity contribution in [3.8, 4) is 0 Å². The van der Waals surface area contributed by atoms with Crippen molar-refractivity contribution in [1.82, 2.24) is 10.2 Å². The van der Waals surface area contributed by atoms with Crippen LogP contribution in [-0.4, -0.2) is 16.0 Å². The van der Waals surface area contributed by atoms with Crippen LogP contribution >= 0.6 is 39.0 Å². The van der Waals surface area contributed by atoms with Crippen molar-refractivity contribution < 1.29 is 0 Å². The molecule has 0 unspecified atom stereocenters. The van der Waals surface area contributed by atoms with Crippen LogP contribution in [0.4, 0.5) is 0 Å². The number of unbranched alkanes of at least 4 members (excludes halogenated alkanes) is 1. The van der Waals surface area contributed by atoms with Crippen molar-refractivity contribution in [2.24, 2.45) is 0 Å². The highest BCUT2D eigenvalue weighted by Gasteiger charge is 2.00. The van der Waals surface area contributed by atoms with E-state index in [-0.39, 0.29) is 0 Å². The molecule has 1 aromatic heterocycles. The van der Waals surface area contributed by atoms with Crippen molar-refractivity contribution in [3.63, 3.8) is 0 Å². The fraction of sp³-hybridized carbons (Fsp3) is 0.667. The van der Waals surface area contributed by atoms with Gasteiger partial charge in [0.2, 0.25) is 0 Å². The maximum absolute atomic E-state index is 3.97. The zero-order valence-corrected chi connectivity index (χ0v) is 9.43. The summed E-state index contributed by atoms with van der Waals surface area (Å²) in [5.74, 6) is 1.15. The van der Waals surface area contributed by atoms with Crippen LogP contribution in [0.3, 0.4) is 0 Å². The largest absolute Gasteiger partial charge is 0.184 e. The van der Waals surface area contributed by atoms with Crippen LogP contribution in [0.25, 0.3) is 0 Å². The van der Waals surface area contributed by atoms with E-state index >= 15 is 0 Å². The van der Waals surface area contributed by atoms with Crippen LogP contribution in [-0.2, 0) is 0 Å². The molecule has 0 spiro atoms. The Morgan fingerprint density at radius 2 is 2.36 bits per heavy atom. The highest BCUT2D eigenvalue weighted by Crippen LogP contribution is 2.25. The van der Waals surface area contributed by atoms with Gasteiger partial charge in [0.25, 0.3) is 0 Å². The SMILES string of the molecule is CCCCSc1nnc(Br)s1. The van der Waals surface area contributed by atoms with Gasteiger partial charge in [0, 0.05) is 5.75 Å². The smallest absolute Gasteiger partial charge is 0.131 e. The van der Waals surface area contributed by atoms with E-state index in [0.29, 0.717) is 0 Å². The zero-order chi connectivity index (χ0) is 8.10. The predicted octanol–water partition coefficient (Wildman–Crippen LogP) is 3.19. The van der Waals surface area contributed by atoms with Crippen molar-refractivity contribution in [2.45, 2.75) is 24.1 Å². The Kier molecular flexibility index (Phi) is 4.40. The van der Waals surface area contributed by atoms with E-state index in [1.807, 2.05) is 0 Å². The molecule has 0 amide bonds. The molecule has 0 bridgehead atoms. The maximum atomic E-state index is 3.97. The summed E-state index contributed by atoms with van der Waals surface area (Å²) < 4.78 is 1.93. The maximum Gasteiger partial charge on any atom is 0.184 e. The average molecular weight is 253 g/mol. The molecule has 0 radical (unpaired) electrons. The first kappa shape index (κ1) is 9.48. The number of halogens is 1. The molecule has 2 nitrogen and oxygen atoms in total. The van der Waals surface area contributed by atoms with Gasteiger partial charge < -0.3 is 0 Å². The lowest BCUT2D eigenvalue weighted by molar-refractivity contribution is 0.894. The molecule has 0 aliphatic heterocycles. The van der Waals surface area contributed by atoms with E-state index in [1.54, 1.807) is 23.1 Å². The predicted molar refractivity (Wildman–Crippen MR) is 53.2 cm³/mol. The van der Waals surface area contributed by atoms with Crippen molar-refractivity contribution in [1.29, 1.82) is 0 Å². The van der Waals surface area contributed by atoms with E-state index < -0.39 is 0 Å². The van der Waals surface area contributed by atoms with Gasteiger partial charge in [-0.15, -0.1) is 10.2 Å². The van der Waals surface area contributed by atoms with Crippen LogP contribution in [0.15, 0.2) is 8.26 Å². The van der Waals surface area contributed by atoms with Crippen molar-refractivity contribution in [3.05, 3.63) is 3.92 Å². The Hall–Kier alpha value is 0.390. The summed E-state index contributed by atoms with van der Waals surface area (Å²) in [6.45, 7) is 2.19. The third-order valence-corrected chi connectivity index (χ3v) is 3.68. The Morgan fingerprint density at radius 3 is 2.91 bits per heavy atom. The lowest BCUT2D eigenvalue weighted by atomic mass is 10.4. The van der Waals surface area contributed by atoms with Gasteiger partial charge in [-0.1, -0.05) is 36.4 Å². The molecular weight excluding hydrogens is 244 g/mol. The van der Waals surface area contributed by atoms with Gasteiger partial charge in [0.05, 0.1) is 0 Å². The molecule has 0 saturated heterocycles. The van der Waals surface area contributed by atoms with Gasteiger partial charge in [-0.05, 0) is 22.4 Å². The van der Waals surface area contributed by atoms with Crippen LogP contribution in [0.5, 0.6) is 0 Å². The molecule has 0 aliphatic carbocycles. The topological polar surface area (TPSA) is 25.8 Å². The highest BCUT2D eigenvalue weighted by molar-refractivity contribution is 9.11. The zero-order valence-electron chi connectivity index (χ0n) is 6.21. The second kappa shape index (κ2) is 5.11. The molecule has 0 aromatic carbocycles. The summed E-state index contributed by atoms with van der Waals surface area (Å²) in [6.07, 6.45) is 2.49. The van der Waals surface area contributed by atoms with E-state index in [4.69, 9.17) is 0 Å². The molecule has 1 rings (SSSR count). The molecule has 0 N–H and O–H groups in total. The van der Waals surface area contributed by atoms with Crippen LogP contribution < -0.4 is 0 Å². The van der Waals surface area contributed by atoms with Gasteiger partial charge in [0.1, 0.15) is 0 Å². The first-order chi connectivity index (χ1) is 5.33. The van der Waals surface area contributed by atoms with Crippen molar-refractivity contribution >= 4 is 39.0 Å². The van der Waals surface area contributed by atoms with E-state index in [0.717, 1.165) is 14.0 Å². The minimum atomic E-state index is 0.872. The highest BCUT2D eigenvalue weighted by atomic mass is 79.9. The molecule has 62 valence electrons. The minimum absolute atomic E-state index is 0.872. The molecule has 0 aliphatic rings. The molecule has 1 heterocycles. The third kappa shape index (κ3) is 3.53. The lowest BCUT2D eigenvalue weighted by Crippen LogP contribution is -1.76. The number of rotatable bonds is 4. The van der Waals surface area contributed by atoms with Crippen LogP contribution in [0, 0.1) is 0 Å². The second-order valence-electron chi connectivity index (χ2n) is 2.02. The number of nitrogens with zero attached hydrogens (tertiary/aromatic N) is 2. The second-order valence-corrected chi connectivity index (χ2v) is 5.62. The van der Waals surface area contributed by atoms with Gasteiger partial charge >= 0.3 is 0 Å². The van der Waals surface area contributed by atoms with Gasteiger partial charge in [-0.25, -0.2) is 0 Å². The van der Waals surface area contributed by atoms with Crippen LogP contribution in [0.2, 0.25) is 0 Å². The summed E-state index contributed by atoms with van der Waals surface area (Å²) in [5, 5.41) is 7.83. The molecule has 5 heteroatoms. The monoisotopic (exact) mass is 252 g/mol. The van der Waals surface area contributed by atoms with Gasteiger partial charge in [-0.3, -0.25) is 0 Å². The molecule has 1 aromatic rings. The third-order valence-electron chi connectivity index (χ3n) is 1.11. The number of thioether (sulfide) groups is 1. The summed E-state index contributed by atoms with van der Waals surface area (Å²) in [6, 6.07) is 0. The number of hydrogen-bond acceptors (Lipinski definition) is 4. The Morgan fingerprint density at radius 1 is 1.55 bits per heavy atom. The van der Waals surface area contributed by atoms with Crippen LogP contribution in [0.1, 0.15) is 19.8 Å². The average Bonchev–Trinajstić information content (AvgIpc) is 2.37. The molecule has 11 heavy (non-hydrogen) atoms. The summed E-state index contributed by atoms with van der Waals surface area (Å²) in [4.78, 5) is 0. The first-order valence-corrected chi connectivity index (χ1v) is 6.04. The minimum Gasteiger partial charge on any atom is -0.131 e.